The summed E-state index contributed by atoms with van der Waals surface area (Å²) in [5, 5.41) is 2.34. The Morgan fingerprint density at radius 2 is 1.68 bits per heavy atom. The molecule has 2 rings (SSSR count). The zero-order chi connectivity index (χ0) is 13.8. The molecule has 19 heavy (non-hydrogen) atoms. The molecule has 0 aromatic heterocycles. The van der Waals surface area contributed by atoms with Crippen molar-refractivity contribution in [2.45, 2.75) is 6.92 Å². The number of hydrogen-bond donors (Lipinski definition) is 2. The summed E-state index contributed by atoms with van der Waals surface area (Å²) in [5.74, 6) is -0.313. The lowest BCUT2D eigenvalue weighted by Gasteiger charge is -2.09. The third-order valence-corrected chi connectivity index (χ3v) is 2.92. The Kier molecular flexibility index (Phi) is 4.02. The van der Waals surface area contributed by atoms with Crippen LogP contribution in [0.25, 0.3) is 0 Å². The van der Waals surface area contributed by atoms with E-state index in [9.17, 15) is 9.59 Å². The number of rotatable bonds is 3. The van der Waals surface area contributed by atoms with E-state index in [1.807, 2.05) is 25.1 Å². The standard InChI is InChI=1S/C15H13NO2S/c1-10-7-8-12(15(18)19)13(9-10)14(17)16-11-5-3-2-4-6-11/h2-9H,1H3,(H,16,17)(H,18,19). The first-order valence-corrected chi connectivity index (χ1v) is 6.23. The van der Waals surface area contributed by atoms with Crippen LogP contribution in [0.15, 0.2) is 48.5 Å². The Morgan fingerprint density at radius 3 is 2.32 bits per heavy atom. The molecule has 96 valence electrons. The third-order valence-electron chi connectivity index (χ3n) is 2.68. The number of hydrogen-bond acceptors (Lipinski definition) is 2. The topological polar surface area (TPSA) is 46.2 Å². The molecule has 0 bridgehead atoms. The highest BCUT2D eigenvalue weighted by molar-refractivity contribution is 7.97. The number of para-hydroxylation sites is 1. The Morgan fingerprint density at radius 1 is 1.00 bits per heavy atom. The molecule has 2 aromatic carbocycles. The minimum Gasteiger partial charge on any atom is -0.322 e. The number of nitrogens with one attached hydrogen (secondary N) is 1. The van der Waals surface area contributed by atoms with Crippen LogP contribution < -0.4 is 5.32 Å². The van der Waals surface area contributed by atoms with Gasteiger partial charge in [-0.2, -0.15) is 0 Å². The van der Waals surface area contributed by atoms with E-state index >= 15 is 0 Å². The highest BCUT2D eigenvalue weighted by Crippen LogP contribution is 2.16. The molecule has 0 radical (unpaired) electrons. The average molecular weight is 271 g/mol. The van der Waals surface area contributed by atoms with Crippen molar-refractivity contribution in [2.75, 3.05) is 5.32 Å². The fourth-order valence-corrected chi connectivity index (χ4v) is 1.95. The van der Waals surface area contributed by atoms with Gasteiger partial charge in [0.25, 0.3) is 5.91 Å². The first kappa shape index (κ1) is 13.4. The molecule has 0 saturated carbocycles. The molecule has 0 fully saturated rings. The maximum absolute atomic E-state index is 12.2. The molecule has 2 aromatic rings. The zero-order valence-corrected chi connectivity index (χ0v) is 11.3. The van der Waals surface area contributed by atoms with Gasteiger partial charge in [0.1, 0.15) is 0 Å². The van der Waals surface area contributed by atoms with E-state index in [4.69, 9.17) is 0 Å². The van der Waals surface area contributed by atoms with E-state index in [0.717, 1.165) is 5.56 Å². The van der Waals surface area contributed by atoms with Gasteiger partial charge < -0.3 is 5.32 Å². The number of thiol groups is 1. The van der Waals surface area contributed by atoms with Crippen LogP contribution in [0.4, 0.5) is 5.69 Å². The van der Waals surface area contributed by atoms with Gasteiger partial charge in [0.15, 0.2) is 0 Å². The molecule has 0 aliphatic carbocycles. The van der Waals surface area contributed by atoms with Crippen molar-refractivity contribution in [3.8, 4) is 0 Å². The van der Waals surface area contributed by atoms with Gasteiger partial charge in [0.05, 0.1) is 5.56 Å². The van der Waals surface area contributed by atoms with Crippen molar-refractivity contribution < 1.29 is 9.59 Å². The summed E-state index contributed by atoms with van der Waals surface area (Å²) in [6.45, 7) is 1.87. The molecule has 1 N–H and O–H groups in total. The molecule has 0 saturated heterocycles. The molecule has 0 aliphatic heterocycles. The Balaban J connectivity index is 2.33. The van der Waals surface area contributed by atoms with Crippen LogP contribution in [-0.2, 0) is 0 Å². The van der Waals surface area contributed by atoms with Crippen LogP contribution in [0.1, 0.15) is 26.3 Å². The lowest BCUT2D eigenvalue weighted by Crippen LogP contribution is -2.15. The van der Waals surface area contributed by atoms with Gasteiger partial charge in [-0.3, -0.25) is 9.59 Å². The van der Waals surface area contributed by atoms with Gasteiger partial charge in [0.2, 0.25) is 5.12 Å². The quantitative estimate of drug-likeness (QED) is 0.841. The number of benzene rings is 2. The van der Waals surface area contributed by atoms with Crippen molar-refractivity contribution in [3.05, 3.63) is 65.2 Å². The van der Waals surface area contributed by atoms with Crippen molar-refractivity contribution in [2.24, 2.45) is 0 Å². The minimum atomic E-state index is -0.418. The van der Waals surface area contributed by atoms with Crippen LogP contribution in [0, 0.1) is 6.92 Å². The summed E-state index contributed by atoms with van der Waals surface area (Å²) in [5.41, 5.74) is 2.24. The van der Waals surface area contributed by atoms with E-state index in [1.54, 1.807) is 30.3 Å². The molecular weight excluding hydrogens is 258 g/mol. The van der Waals surface area contributed by atoms with Crippen molar-refractivity contribution in [1.29, 1.82) is 0 Å². The average Bonchev–Trinajstić information content (AvgIpc) is 2.39. The predicted molar refractivity (Wildman–Crippen MR) is 78.9 cm³/mol. The van der Waals surface area contributed by atoms with Crippen LogP contribution >= 0.6 is 12.6 Å². The monoisotopic (exact) mass is 271 g/mol. The van der Waals surface area contributed by atoms with Crippen LogP contribution in [0.2, 0.25) is 0 Å². The number of amides is 1. The summed E-state index contributed by atoms with van der Waals surface area (Å²) in [4.78, 5) is 23.6. The lowest BCUT2D eigenvalue weighted by atomic mass is 10.0. The Bertz CT molecular complexity index is 623. The van der Waals surface area contributed by atoms with Crippen molar-refractivity contribution >= 4 is 29.3 Å². The second kappa shape index (κ2) is 5.71. The third kappa shape index (κ3) is 3.23. The fourth-order valence-electron chi connectivity index (χ4n) is 1.75. The van der Waals surface area contributed by atoms with Crippen molar-refractivity contribution in [3.63, 3.8) is 0 Å². The number of aryl methyl sites for hydroxylation is 1. The smallest absolute Gasteiger partial charge is 0.256 e. The van der Waals surface area contributed by atoms with E-state index in [-0.39, 0.29) is 5.91 Å². The van der Waals surface area contributed by atoms with E-state index < -0.39 is 5.12 Å². The summed E-state index contributed by atoms with van der Waals surface area (Å²) in [7, 11) is 0. The molecule has 0 unspecified atom stereocenters. The zero-order valence-electron chi connectivity index (χ0n) is 10.4. The largest absolute Gasteiger partial charge is 0.322 e. The lowest BCUT2D eigenvalue weighted by molar-refractivity contribution is 0.101. The molecular formula is C15H13NO2S. The highest BCUT2D eigenvalue weighted by Gasteiger charge is 2.15. The van der Waals surface area contributed by atoms with Gasteiger partial charge in [0, 0.05) is 11.3 Å². The number of carbonyl (C=O) groups is 2. The van der Waals surface area contributed by atoms with Gasteiger partial charge in [-0.25, -0.2) is 0 Å². The van der Waals surface area contributed by atoms with Crippen LogP contribution in [-0.4, -0.2) is 11.0 Å². The second-order valence-electron chi connectivity index (χ2n) is 4.17. The van der Waals surface area contributed by atoms with E-state index in [2.05, 4.69) is 17.9 Å². The van der Waals surface area contributed by atoms with Gasteiger partial charge >= 0.3 is 0 Å². The minimum absolute atomic E-state index is 0.308. The maximum atomic E-state index is 12.2. The SMILES string of the molecule is Cc1ccc(C(=O)S)c(C(=O)Nc2ccccc2)c1. The molecule has 4 heteroatoms. The normalized spacial score (nSPS) is 10.0. The van der Waals surface area contributed by atoms with Gasteiger partial charge in [-0.15, -0.1) is 12.6 Å². The van der Waals surface area contributed by atoms with Crippen LogP contribution in [0.5, 0.6) is 0 Å². The first-order valence-electron chi connectivity index (χ1n) is 5.78. The Hall–Kier alpha value is -2.07. The van der Waals surface area contributed by atoms with E-state index in [0.29, 0.717) is 16.8 Å². The molecule has 0 spiro atoms. The number of anilines is 1. The van der Waals surface area contributed by atoms with E-state index in [1.165, 1.54) is 0 Å². The fraction of sp³-hybridized carbons (Fsp3) is 0.0667. The molecule has 0 aliphatic rings. The molecule has 1 amide bonds. The summed E-state index contributed by atoms with van der Waals surface area (Å²) >= 11 is 3.79. The molecule has 0 atom stereocenters. The summed E-state index contributed by atoms with van der Waals surface area (Å²) in [6, 6.07) is 14.2. The highest BCUT2D eigenvalue weighted by atomic mass is 32.1. The molecule has 3 nitrogen and oxygen atoms in total. The summed E-state index contributed by atoms with van der Waals surface area (Å²) in [6.07, 6.45) is 0. The first-order chi connectivity index (χ1) is 9.08. The Labute approximate surface area is 117 Å². The van der Waals surface area contributed by atoms with Crippen LogP contribution in [0.3, 0.4) is 0 Å². The maximum Gasteiger partial charge on any atom is 0.256 e. The predicted octanol–water partition coefficient (Wildman–Crippen LogP) is 3.32. The second-order valence-corrected chi connectivity index (χ2v) is 4.58. The summed E-state index contributed by atoms with van der Waals surface area (Å²) < 4.78 is 0. The van der Waals surface area contributed by atoms with Gasteiger partial charge in [-0.1, -0.05) is 29.8 Å². The number of carbonyl (C=O) groups excluding carboxylic acids is 2. The van der Waals surface area contributed by atoms with Crippen molar-refractivity contribution in [1.82, 2.24) is 0 Å². The molecule has 0 heterocycles. The van der Waals surface area contributed by atoms with Gasteiger partial charge in [-0.05, 0) is 31.2 Å².